The predicted octanol–water partition coefficient (Wildman–Crippen LogP) is 1.39. The molecule has 0 saturated carbocycles. The van der Waals surface area contributed by atoms with Gasteiger partial charge >= 0.3 is 5.97 Å². The van der Waals surface area contributed by atoms with Crippen LogP contribution < -0.4 is 0 Å². The third-order valence-electron chi connectivity index (χ3n) is 1.45. The molecule has 1 aromatic rings. The average molecular weight is 281 g/mol. The van der Waals surface area contributed by atoms with E-state index in [9.17, 15) is 13.2 Å². The standard InChI is InChI=1S/C7H5BrO5S/c8-4-1-2-5(7(9)10)6(3-4)14(11,12)13/h1-3H,(H,9,10)(H,11,12,13). The Morgan fingerprint density at radius 2 is 1.93 bits per heavy atom. The predicted molar refractivity (Wildman–Crippen MR) is 50.9 cm³/mol. The first-order valence-electron chi connectivity index (χ1n) is 3.32. The van der Waals surface area contributed by atoms with E-state index < -0.39 is 26.5 Å². The van der Waals surface area contributed by atoms with Gasteiger partial charge in [0, 0.05) is 4.47 Å². The van der Waals surface area contributed by atoms with Gasteiger partial charge in [0.05, 0.1) is 5.56 Å². The highest BCUT2D eigenvalue weighted by Gasteiger charge is 2.19. The van der Waals surface area contributed by atoms with Crippen LogP contribution in [0.1, 0.15) is 10.4 Å². The zero-order valence-electron chi connectivity index (χ0n) is 6.64. The molecule has 0 spiro atoms. The van der Waals surface area contributed by atoms with Crippen molar-refractivity contribution in [3.8, 4) is 0 Å². The van der Waals surface area contributed by atoms with Gasteiger partial charge < -0.3 is 5.11 Å². The summed E-state index contributed by atoms with van der Waals surface area (Å²) < 4.78 is 30.7. The van der Waals surface area contributed by atoms with Gasteiger partial charge in [-0.05, 0) is 18.2 Å². The van der Waals surface area contributed by atoms with Crippen molar-refractivity contribution in [1.29, 1.82) is 0 Å². The van der Waals surface area contributed by atoms with Crippen molar-refractivity contribution >= 4 is 32.0 Å². The Hall–Kier alpha value is -0.920. The molecule has 0 unspecified atom stereocenters. The molecule has 7 heteroatoms. The summed E-state index contributed by atoms with van der Waals surface area (Å²) in [5, 5.41) is 8.63. The minimum absolute atomic E-state index is 0.370. The number of hydrogen-bond acceptors (Lipinski definition) is 3. The number of rotatable bonds is 2. The van der Waals surface area contributed by atoms with Crippen LogP contribution in [0.5, 0.6) is 0 Å². The summed E-state index contributed by atoms with van der Waals surface area (Å²) in [6.45, 7) is 0. The van der Waals surface area contributed by atoms with Crippen molar-refractivity contribution < 1.29 is 22.9 Å². The van der Waals surface area contributed by atoms with Gasteiger partial charge in [0.15, 0.2) is 0 Å². The number of carbonyl (C=O) groups is 1. The first-order chi connectivity index (χ1) is 6.32. The largest absolute Gasteiger partial charge is 0.478 e. The molecule has 14 heavy (non-hydrogen) atoms. The number of carboxylic acid groups (broad SMARTS) is 1. The van der Waals surface area contributed by atoms with E-state index in [0.717, 1.165) is 12.1 Å². The fourth-order valence-corrected chi connectivity index (χ4v) is 2.11. The molecule has 0 heterocycles. The van der Waals surface area contributed by atoms with Crippen molar-refractivity contribution in [2.45, 2.75) is 4.90 Å². The van der Waals surface area contributed by atoms with E-state index in [1.807, 2.05) is 0 Å². The monoisotopic (exact) mass is 280 g/mol. The molecular weight excluding hydrogens is 276 g/mol. The van der Waals surface area contributed by atoms with Gasteiger partial charge in [-0.15, -0.1) is 0 Å². The summed E-state index contributed by atoms with van der Waals surface area (Å²) in [4.78, 5) is 9.96. The normalized spacial score (nSPS) is 11.3. The van der Waals surface area contributed by atoms with E-state index in [2.05, 4.69) is 15.9 Å². The van der Waals surface area contributed by atoms with Crippen LogP contribution in [0, 0.1) is 0 Å². The molecule has 0 aliphatic rings. The molecule has 0 fully saturated rings. The SMILES string of the molecule is O=C(O)c1ccc(Br)cc1S(=O)(=O)O. The van der Waals surface area contributed by atoms with Crippen LogP contribution in [-0.4, -0.2) is 24.0 Å². The minimum Gasteiger partial charge on any atom is -0.478 e. The quantitative estimate of drug-likeness (QED) is 0.799. The number of benzene rings is 1. The summed E-state index contributed by atoms with van der Waals surface area (Å²) in [5.41, 5.74) is -0.462. The molecule has 0 bridgehead atoms. The van der Waals surface area contributed by atoms with Crippen molar-refractivity contribution in [1.82, 2.24) is 0 Å². The third kappa shape index (κ3) is 2.31. The highest BCUT2D eigenvalue weighted by Crippen LogP contribution is 2.20. The smallest absolute Gasteiger partial charge is 0.337 e. The van der Waals surface area contributed by atoms with Gasteiger partial charge in [0.25, 0.3) is 10.1 Å². The maximum Gasteiger partial charge on any atom is 0.337 e. The Balaban J connectivity index is 3.54. The first-order valence-corrected chi connectivity index (χ1v) is 5.56. The zero-order valence-corrected chi connectivity index (χ0v) is 9.04. The van der Waals surface area contributed by atoms with Gasteiger partial charge in [-0.25, -0.2) is 4.79 Å². The van der Waals surface area contributed by atoms with E-state index in [-0.39, 0.29) is 0 Å². The Labute approximate surface area is 88.2 Å². The molecule has 76 valence electrons. The zero-order chi connectivity index (χ0) is 10.9. The number of carboxylic acids is 1. The van der Waals surface area contributed by atoms with Gasteiger partial charge in [-0.3, -0.25) is 4.55 Å². The molecule has 0 aliphatic carbocycles. The van der Waals surface area contributed by atoms with Crippen LogP contribution in [0.2, 0.25) is 0 Å². The number of hydrogen-bond donors (Lipinski definition) is 2. The lowest BCUT2D eigenvalue weighted by atomic mass is 10.2. The molecule has 2 N–H and O–H groups in total. The topological polar surface area (TPSA) is 91.7 Å². The molecule has 0 aliphatic heterocycles. The lowest BCUT2D eigenvalue weighted by Gasteiger charge is -2.02. The van der Waals surface area contributed by atoms with Crippen LogP contribution in [0.3, 0.4) is 0 Å². The summed E-state index contributed by atoms with van der Waals surface area (Å²) in [7, 11) is -4.51. The Bertz CT molecular complexity index is 479. The van der Waals surface area contributed by atoms with Gasteiger partial charge in [0.1, 0.15) is 4.90 Å². The Kier molecular flexibility index (Phi) is 2.93. The molecule has 0 saturated heterocycles. The van der Waals surface area contributed by atoms with E-state index in [1.165, 1.54) is 6.07 Å². The van der Waals surface area contributed by atoms with Crippen molar-refractivity contribution in [3.63, 3.8) is 0 Å². The van der Waals surface area contributed by atoms with Crippen LogP contribution in [-0.2, 0) is 10.1 Å². The molecule has 1 aromatic carbocycles. The fourth-order valence-electron chi connectivity index (χ4n) is 0.886. The lowest BCUT2D eigenvalue weighted by Crippen LogP contribution is -2.07. The molecule has 1 rings (SSSR count). The van der Waals surface area contributed by atoms with E-state index in [4.69, 9.17) is 9.66 Å². The molecular formula is C7H5BrO5S. The van der Waals surface area contributed by atoms with Crippen LogP contribution in [0.4, 0.5) is 0 Å². The molecule has 0 aromatic heterocycles. The molecule has 0 amide bonds. The van der Waals surface area contributed by atoms with E-state index in [1.54, 1.807) is 0 Å². The van der Waals surface area contributed by atoms with Gasteiger partial charge in [-0.2, -0.15) is 8.42 Å². The fraction of sp³-hybridized carbons (Fsp3) is 0. The second kappa shape index (κ2) is 3.68. The number of halogens is 1. The Morgan fingerprint density at radius 1 is 1.36 bits per heavy atom. The summed E-state index contributed by atoms with van der Waals surface area (Å²) >= 11 is 2.97. The average Bonchev–Trinajstić information content (AvgIpc) is 2.01. The van der Waals surface area contributed by atoms with Crippen molar-refractivity contribution in [3.05, 3.63) is 28.2 Å². The Morgan fingerprint density at radius 3 is 2.36 bits per heavy atom. The second-order valence-electron chi connectivity index (χ2n) is 2.42. The summed E-state index contributed by atoms with van der Waals surface area (Å²) in [6.07, 6.45) is 0. The van der Waals surface area contributed by atoms with E-state index >= 15 is 0 Å². The van der Waals surface area contributed by atoms with Crippen molar-refractivity contribution in [2.24, 2.45) is 0 Å². The summed E-state index contributed by atoms with van der Waals surface area (Å²) in [5.74, 6) is -1.41. The van der Waals surface area contributed by atoms with Crippen LogP contribution in [0.15, 0.2) is 27.6 Å². The van der Waals surface area contributed by atoms with E-state index in [0.29, 0.717) is 4.47 Å². The lowest BCUT2D eigenvalue weighted by molar-refractivity contribution is 0.0692. The molecule has 0 atom stereocenters. The van der Waals surface area contributed by atoms with Crippen LogP contribution in [0.25, 0.3) is 0 Å². The maximum absolute atomic E-state index is 10.8. The van der Waals surface area contributed by atoms with Crippen molar-refractivity contribution in [2.75, 3.05) is 0 Å². The molecule has 5 nitrogen and oxygen atoms in total. The maximum atomic E-state index is 10.8. The van der Waals surface area contributed by atoms with Gasteiger partial charge in [-0.1, -0.05) is 15.9 Å². The van der Waals surface area contributed by atoms with Crippen LogP contribution >= 0.6 is 15.9 Å². The second-order valence-corrected chi connectivity index (χ2v) is 4.73. The molecule has 0 radical (unpaired) electrons. The van der Waals surface area contributed by atoms with Gasteiger partial charge in [0.2, 0.25) is 0 Å². The highest BCUT2D eigenvalue weighted by atomic mass is 79.9. The minimum atomic E-state index is -4.51. The third-order valence-corrected chi connectivity index (χ3v) is 2.84. The summed E-state index contributed by atoms with van der Waals surface area (Å²) in [6, 6.07) is 3.49. The number of aromatic carboxylic acids is 1. The first kappa shape index (κ1) is 11.2. The highest BCUT2D eigenvalue weighted by molar-refractivity contribution is 9.10.